The number of aryl methyl sites for hydroxylation is 1. The van der Waals surface area contributed by atoms with Crippen molar-refractivity contribution >= 4 is 17.2 Å². The van der Waals surface area contributed by atoms with Gasteiger partial charge >= 0.3 is 6.18 Å². The van der Waals surface area contributed by atoms with Crippen LogP contribution in [-0.2, 0) is 11.8 Å². The number of aromatic nitrogens is 4. The molecule has 1 aliphatic carbocycles. The molecule has 1 atom stereocenters. The van der Waals surface area contributed by atoms with E-state index >= 15 is 0 Å². The Balaban J connectivity index is 1.57. The summed E-state index contributed by atoms with van der Waals surface area (Å²) >= 11 is 0. The number of ether oxygens (including phenoxy) is 1. The third kappa shape index (κ3) is 4.04. The molecule has 2 N–H and O–H groups in total. The maximum absolute atomic E-state index is 12.5. The molecule has 0 aliphatic heterocycles. The lowest BCUT2D eigenvalue weighted by molar-refractivity contribution is -0.210. The largest absolute Gasteiger partial charge is 0.487 e. The maximum atomic E-state index is 12.5. The van der Waals surface area contributed by atoms with Crippen LogP contribution < -0.4 is 10.1 Å². The van der Waals surface area contributed by atoms with Crippen molar-refractivity contribution in [2.24, 2.45) is 13.0 Å². The number of pyridine rings is 1. The number of carbonyl (C=O) groups is 1. The zero-order valence-corrected chi connectivity index (χ0v) is 15.3. The van der Waals surface area contributed by atoms with Gasteiger partial charge in [0.1, 0.15) is 12.3 Å². The number of halogens is 3. The summed E-state index contributed by atoms with van der Waals surface area (Å²) in [4.78, 5) is 11.9. The van der Waals surface area contributed by atoms with E-state index in [2.05, 4.69) is 15.5 Å². The fourth-order valence-electron chi connectivity index (χ4n) is 2.89. The predicted molar refractivity (Wildman–Crippen MR) is 96.3 cm³/mol. The number of nitrogens with one attached hydrogen (secondary N) is 1. The molecule has 1 aliphatic rings. The predicted octanol–water partition coefficient (Wildman–Crippen LogP) is 2.39. The molecule has 0 saturated heterocycles. The second-order valence-electron chi connectivity index (χ2n) is 6.93. The van der Waals surface area contributed by atoms with Gasteiger partial charge in [-0.15, -0.1) is 0 Å². The molecule has 0 unspecified atom stereocenters. The molecule has 1 saturated carbocycles. The summed E-state index contributed by atoms with van der Waals surface area (Å²) in [7, 11) is 1.63. The second kappa shape index (κ2) is 7.07. The van der Waals surface area contributed by atoms with Crippen molar-refractivity contribution in [3.8, 4) is 17.0 Å². The van der Waals surface area contributed by atoms with Gasteiger partial charge in [0, 0.05) is 30.8 Å². The Bertz CT molecular complexity index is 1050. The number of fused-ring (bicyclic) bond motifs is 1. The summed E-state index contributed by atoms with van der Waals surface area (Å²) in [6, 6.07) is 5.16. The van der Waals surface area contributed by atoms with Crippen LogP contribution in [-0.4, -0.2) is 49.3 Å². The Kier molecular flexibility index (Phi) is 4.69. The highest BCUT2D eigenvalue weighted by Crippen LogP contribution is 2.32. The van der Waals surface area contributed by atoms with E-state index in [1.54, 1.807) is 36.0 Å². The number of aliphatic hydroxyl groups excluding tert-OH is 1. The van der Waals surface area contributed by atoms with Gasteiger partial charge in [-0.25, -0.2) is 4.52 Å². The number of anilines is 1. The number of hydrogen-bond acceptors (Lipinski definition) is 5. The average molecular weight is 409 g/mol. The number of aliphatic hydroxyl groups is 1. The van der Waals surface area contributed by atoms with E-state index in [1.807, 2.05) is 0 Å². The molecule has 4 rings (SSSR count). The van der Waals surface area contributed by atoms with Crippen LogP contribution in [0.4, 0.5) is 19.0 Å². The van der Waals surface area contributed by atoms with Gasteiger partial charge in [0.25, 0.3) is 0 Å². The Morgan fingerprint density at radius 3 is 2.86 bits per heavy atom. The van der Waals surface area contributed by atoms with Gasteiger partial charge in [-0.2, -0.15) is 23.4 Å². The molecule has 0 radical (unpaired) electrons. The number of carbonyl (C=O) groups excluding carboxylic acids is 1. The Morgan fingerprint density at radius 2 is 2.17 bits per heavy atom. The van der Waals surface area contributed by atoms with Crippen molar-refractivity contribution in [1.82, 2.24) is 19.4 Å². The van der Waals surface area contributed by atoms with E-state index in [0.29, 0.717) is 22.6 Å². The Hall–Kier alpha value is -3.08. The van der Waals surface area contributed by atoms with Crippen LogP contribution in [0.25, 0.3) is 16.8 Å². The molecule has 11 heteroatoms. The normalized spacial score (nSPS) is 15.5. The molecular weight excluding hydrogens is 391 g/mol. The lowest BCUT2D eigenvalue weighted by atomic mass is 10.1. The highest BCUT2D eigenvalue weighted by Gasteiger charge is 2.39. The second-order valence-corrected chi connectivity index (χ2v) is 6.93. The van der Waals surface area contributed by atoms with Crippen molar-refractivity contribution in [1.29, 1.82) is 0 Å². The SMILES string of the molecule is Cn1ncc(OC[C@@H](O)C(F)(F)F)c1-c1ccn2nc(NC(=O)C3CC3)cc2c1. The van der Waals surface area contributed by atoms with E-state index < -0.39 is 18.9 Å². The van der Waals surface area contributed by atoms with Gasteiger partial charge in [-0.05, 0) is 25.0 Å². The van der Waals surface area contributed by atoms with Gasteiger partial charge in [0.2, 0.25) is 5.91 Å². The first-order valence-electron chi connectivity index (χ1n) is 8.92. The van der Waals surface area contributed by atoms with E-state index in [9.17, 15) is 18.0 Å². The van der Waals surface area contributed by atoms with Crippen LogP contribution in [0.1, 0.15) is 12.8 Å². The summed E-state index contributed by atoms with van der Waals surface area (Å²) in [5.74, 6) is 0.534. The summed E-state index contributed by atoms with van der Waals surface area (Å²) in [6.07, 6.45) is -2.63. The van der Waals surface area contributed by atoms with Crippen molar-refractivity contribution in [3.63, 3.8) is 0 Å². The molecule has 1 amide bonds. The lowest BCUT2D eigenvalue weighted by Crippen LogP contribution is -2.34. The Morgan fingerprint density at radius 1 is 1.41 bits per heavy atom. The van der Waals surface area contributed by atoms with E-state index in [-0.39, 0.29) is 17.6 Å². The number of amides is 1. The van der Waals surface area contributed by atoms with Crippen molar-refractivity contribution in [3.05, 3.63) is 30.6 Å². The number of nitrogens with zero attached hydrogens (tertiary/aromatic N) is 4. The standard InChI is InChI=1S/C18H18F3N5O3/c1-25-16(13(8-22-25)29-9-14(27)18(19,20)21)11-4-5-26-12(6-11)7-15(24-26)23-17(28)10-2-3-10/h4-8,10,14,27H,2-3,9H2,1H3,(H,23,24,28)/t14-/m1/s1. The molecular formula is C18H18F3N5O3. The molecule has 3 aromatic heterocycles. The van der Waals surface area contributed by atoms with Gasteiger partial charge in [-0.3, -0.25) is 9.48 Å². The van der Waals surface area contributed by atoms with Crippen LogP contribution in [0.5, 0.6) is 5.75 Å². The molecule has 8 nitrogen and oxygen atoms in total. The van der Waals surface area contributed by atoms with Crippen molar-refractivity contribution in [2.45, 2.75) is 25.1 Å². The zero-order valence-electron chi connectivity index (χ0n) is 15.3. The zero-order chi connectivity index (χ0) is 20.8. The quantitative estimate of drug-likeness (QED) is 0.652. The molecule has 29 heavy (non-hydrogen) atoms. The summed E-state index contributed by atoms with van der Waals surface area (Å²) in [5.41, 5.74) is 1.76. The molecule has 1 fully saturated rings. The summed E-state index contributed by atoms with van der Waals surface area (Å²) < 4.78 is 45.7. The number of rotatable bonds is 6. The molecule has 0 bridgehead atoms. The van der Waals surface area contributed by atoms with E-state index in [1.165, 1.54) is 10.9 Å². The smallest absolute Gasteiger partial charge is 0.417 e. The first-order valence-corrected chi connectivity index (χ1v) is 8.92. The third-order valence-electron chi connectivity index (χ3n) is 4.62. The van der Waals surface area contributed by atoms with Crippen LogP contribution >= 0.6 is 0 Å². The first-order chi connectivity index (χ1) is 13.7. The first kappa shape index (κ1) is 19.2. The van der Waals surface area contributed by atoms with Crippen LogP contribution in [0, 0.1) is 5.92 Å². The fourth-order valence-corrected chi connectivity index (χ4v) is 2.89. The maximum Gasteiger partial charge on any atom is 0.417 e. The topological polar surface area (TPSA) is 93.7 Å². The molecule has 0 aromatic carbocycles. The third-order valence-corrected chi connectivity index (χ3v) is 4.62. The average Bonchev–Trinajstić information content (AvgIpc) is 3.34. The van der Waals surface area contributed by atoms with Crippen LogP contribution in [0.15, 0.2) is 30.6 Å². The van der Waals surface area contributed by atoms with Crippen molar-refractivity contribution in [2.75, 3.05) is 11.9 Å². The van der Waals surface area contributed by atoms with Gasteiger partial charge < -0.3 is 15.2 Å². The molecule has 0 spiro atoms. The van der Waals surface area contributed by atoms with Crippen molar-refractivity contribution < 1.29 is 27.8 Å². The molecule has 154 valence electrons. The summed E-state index contributed by atoms with van der Waals surface area (Å²) in [5, 5.41) is 20.2. The number of hydrogen-bond donors (Lipinski definition) is 2. The lowest BCUT2D eigenvalue weighted by Gasteiger charge is -2.15. The minimum atomic E-state index is -4.76. The van der Waals surface area contributed by atoms with Gasteiger partial charge in [0.05, 0.1) is 11.7 Å². The Labute approximate surface area is 162 Å². The monoisotopic (exact) mass is 409 g/mol. The van der Waals surface area contributed by atoms with Gasteiger partial charge in [0.15, 0.2) is 17.7 Å². The minimum Gasteiger partial charge on any atom is -0.487 e. The molecule has 3 heterocycles. The van der Waals surface area contributed by atoms with Gasteiger partial charge in [-0.1, -0.05) is 0 Å². The van der Waals surface area contributed by atoms with Crippen LogP contribution in [0.2, 0.25) is 0 Å². The minimum absolute atomic E-state index is 0.0524. The van der Waals surface area contributed by atoms with E-state index in [0.717, 1.165) is 12.8 Å². The van der Waals surface area contributed by atoms with E-state index in [4.69, 9.17) is 9.84 Å². The molecule has 3 aromatic rings. The number of alkyl halides is 3. The highest BCUT2D eigenvalue weighted by molar-refractivity contribution is 5.93. The summed E-state index contributed by atoms with van der Waals surface area (Å²) in [6.45, 7) is -0.936. The highest BCUT2D eigenvalue weighted by atomic mass is 19.4. The fraction of sp³-hybridized carbons (Fsp3) is 0.389. The van der Waals surface area contributed by atoms with Crippen LogP contribution in [0.3, 0.4) is 0 Å².